The van der Waals surface area contributed by atoms with E-state index in [-0.39, 0.29) is 21.6 Å². The fraction of sp³-hybridized carbons (Fsp3) is 0.229. The van der Waals surface area contributed by atoms with Crippen molar-refractivity contribution in [2.24, 2.45) is 0 Å². The lowest BCUT2D eigenvalue weighted by atomic mass is 9.97. The minimum Gasteiger partial charge on any atom is -0.452 e. The summed E-state index contributed by atoms with van der Waals surface area (Å²) >= 11 is 0. The lowest BCUT2D eigenvalue weighted by Crippen LogP contribution is -2.63. The van der Waals surface area contributed by atoms with Gasteiger partial charge in [0.2, 0.25) is 0 Å². The van der Waals surface area contributed by atoms with Crippen molar-refractivity contribution in [1.29, 1.82) is 0 Å². The molecule has 0 unspecified atom stereocenters. The zero-order chi connectivity index (χ0) is 33.4. The number of hydrogen-bond donors (Lipinski definition) is 0. The van der Waals surface area contributed by atoms with Crippen LogP contribution in [-0.2, 0) is 38.0 Å². The molecule has 0 bridgehead atoms. The molecule has 0 amide bonds. The molecule has 1 aliphatic heterocycles. The fourth-order valence-corrected chi connectivity index (χ4v) is 5.75. The van der Waals surface area contributed by atoms with Crippen LogP contribution in [0.3, 0.4) is 0 Å². The van der Waals surface area contributed by atoms with Gasteiger partial charge in [-0.2, -0.15) is 8.42 Å². The van der Waals surface area contributed by atoms with Crippen molar-refractivity contribution in [3.8, 4) is 0 Å². The minimum atomic E-state index is -4.31. The highest BCUT2D eigenvalue weighted by molar-refractivity contribution is 7.86. The number of rotatable bonds is 11. The van der Waals surface area contributed by atoms with Crippen LogP contribution in [0.1, 0.15) is 36.6 Å². The Balaban J connectivity index is 1.52. The molecule has 1 aliphatic rings. The first-order valence-corrected chi connectivity index (χ1v) is 16.0. The van der Waals surface area contributed by atoms with E-state index in [4.69, 9.17) is 27.9 Å². The van der Waals surface area contributed by atoms with Crippen LogP contribution in [-0.4, -0.2) is 70.7 Å². The van der Waals surface area contributed by atoms with E-state index in [2.05, 4.69) is 0 Å². The Bertz CT molecular complexity index is 1760. The average Bonchev–Trinajstić information content (AvgIpc) is 3.10. The number of methoxy groups -OCH3 is 1. The zero-order valence-corrected chi connectivity index (χ0v) is 26.3. The quantitative estimate of drug-likeness (QED) is 0.125. The molecule has 47 heavy (non-hydrogen) atoms. The number of ether oxygens (including phenoxy) is 5. The SMILES string of the molecule is CO[C@H]1O[C@H](COS(=O)(=O)c2ccc(C)cc2)[C@@H](OC(=O)c2ccccc2)[C@H](OC(=O)c2ccccc2)[C@@H]1OC(=O)c1ccccc1. The van der Waals surface area contributed by atoms with Crippen molar-refractivity contribution >= 4 is 28.0 Å². The molecule has 5 atom stereocenters. The molecule has 12 heteroatoms. The molecule has 4 aromatic carbocycles. The Kier molecular flexibility index (Phi) is 10.8. The highest BCUT2D eigenvalue weighted by Crippen LogP contribution is 2.32. The molecule has 5 rings (SSSR count). The summed E-state index contributed by atoms with van der Waals surface area (Å²) in [4.78, 5) is 40.0. The second kappa shape index (κ2) is 15.1. The summed E-state index contributed by atoms with van der Waals surface area (Å²) in [5, 5.41) is 0. The molecule has 0 aromatic heterocycles. The molecule has 0 saturated carbocycles. The normalized spacial score (nSPS) is 20.9. The lowest BCUT2D eigenvalue weighted by Gasteiger charge is -2.44. The van der Waals surface area contributed by atoms with E-state index in [0.717, 1.165) is 5.56 Å². The number of benzene rings is 4. The van der Waals surface area contributed by atoms with Gasteiger partial charge in [0.1, 0.15) is 6.10 Å². The van der Waals surface area contributed by atoms with Crippen molar-refractivity contribution in [2.75, 3.05) is 13.7 Å². The lowest BCUT2D eigenvalue weighted by molar-refractivity contribution is -0.290. The van der Waals surface area contributed by atoms with Crippen LogP contribution in [0.25, 0.3) is 0 Å². The van der Waals surface area contributed by atoms with E-state index in [0.29, 0.717) is 0 Å². The Morgan fingerprint density at radius 2 is 1.04 bits per heavy atom. The van der Waals surface area contributed by atoms with Gasteiger partial charge in [-0.25, -0.2) is 14.4 Å². The third kappa shape index (κ3) is 8.29. The summed E-state index contributed by atoms with van der Waals surface area (Å²) in [7, 11) is -3.05. The Morgan fingerprint density at radius 3 is 1.49 bits per heavy atom. The van der Waals surface area contributed by atoms with Gasteiger partial charge in [-0.1, -0.05) is 72.3 Å². The second-order valence-electron chi connectivity index (χ2n) is 10.5. The van der Waals surface area contributed by atoms with Crippen molar-refractivity contribution in [2.45, 2.75) is 42.5 Å². The maximum absolute atomic E-state index is 13.4. The highest BCUT2D eigenvalue weighted by atomic mass is 32.2. The zero-order valence-electron chi connectivity index (χ0n) is 25.5. The van der Waals surface area contributed by atoms with Crippen LogP contribution in [0.15, 0.2) is 120 Å². The molecule has 1 heterocycles. The smallest absolute Gasteiger partial charge is 0.338 e. The molecule has 1 saturated heterocycles. The maximum atomic E-state index is 13.4. The number of hydrogen-bond acceptors (Lipinski definition) is 11. The average molecular weight is 661 g/mol. The molecule has 0 aliphatic carbocycles. The Hall–Kier alpha value is -4.88. The Morgan fingerprint density at radius 1 is 0.617 bits per heavy atom. The largest absolute Gasteiger partial charge is 0.452 e. The predicted octanol–water partition coefficient (Wildman–Crippen LogP) is 4.75. The van der Waals surface area contributed by atoms with E-state index < -0.39 is 65.3 Å². The first kappa shape index (κ1) is 33.5. The van der Waals surface area contributed by atoms with E-state index in [9.17, 15) is 22.8 Å². The van der Waals surface area contributed by atoms with Crippen LogP contribution in [0, 0.1) is 6.92 Å². The summed E-state index contributed by atoms with van der Waals surface area (Å²) in [5.74, 6) is -2.47. The summed E-state index contributed by atoms with van der Waals surface area (Å²) in [6.45, 7) is 1.13. The molecule has 1 fully saturated rings. The van der Waals surface area contributed by atoms with Gasteiger partial charge in [0.05, 0.1) is 28.2 Å². The van der Waals surface area contributed by atoms with Gasteiger partial charge in [0.15, 0.2) is 24.6 Å². The van der Waals surface area contributed by atoms with E-state index in [1.807, 2.05) is 6.92 Å². The standard InChI is InChI=1S/C35H32O11S/c1-23-18-20-27(21-19-23)47(39,40)42-22-28-29(44-32(36)24-12-6-3-7-13-24)30(45-33(37)25-14-8-4-9-15-25)31(35(41-2)43-28)46-34(38)26-16-10-5-11-17-26/h3-21,28-31,35H,22H2,1-2H3/t28-,29-,30+,31+,35+/m1/s1. The van der Waals surface area contributed by atoms with Gasteiger partial charge in [0.25, 0.3) is 10.1 Å². The number of carbonyl (C=O) groups excluding carboxylic acids is 3. The molecular weight excluding hydrogens is 628 g/mol. The fourth-order valence-electron chi connectivity index (χ4n) is 4.83. The van der Waals surface area contributed by atoms with E-state index >= 15 is 0 Å². The highest BCUT2D eigenvalue weighted by Gasteiger charge is 2.53. The number of aryl methyl sites for hydroxylation is 1. The minimum absolute atomic E-state index is 0.109. The van der Waals surface area contributed by atoms with Crippen molar-refractivity contribution < 1.29 is 50.7 Å². The van der Waals surface area contributed by atoms with Gasteiger partial charge < -0.3 is 23.7 Å². The maximum Gasteiger partial charge on any atom is 0.338 e. The molecule has 0 N–H and O–H groups in total. The number of carbonyl (C=O) groups is 3. The van der Waals surface area contributed by atoms with Gasteiger partial charge >= 0.3 is 17.9 Å². The van der Waals surface area contributed by atoms with E-state index in [1.54, 1.807) is 66.7 Å². The number of esters is 3. The summed E-state index contributed by atoms with van der Waals surface area (Å²) in [6, 6.07) is 30.0. The third-order valence-corrected chi connectivity index (χ3v) is 8.57. The second-order valence-corrected chi connectivity index (χ2v) is 12.2. The molecule has 0 spiro atoms. The molecule has 11 nitrogen and oxygen atoms in total. The van der Waals surface area contributed by atoms with Crippen LogP contribution in [0.4, 0.5) is 0 Å². The summed E-state index contributed by atoms with van der Waals surface area (Å²) < 4.78 is 60.8. The molecular formula is C35H32O11S. The van der Waals surface area contributed by atoms with Crippen molar-refractivity contribution in [3.63, 3.8) is 0 Å². The topological polar surface area (TPSA) is 141 Å². The first-order chi connectivity index (χ1) is 22.7. The van der Waals surface area contributed by atoms with Gasteiger partial charge in [-0.3, -0.25) is 4.18 Å². The molecule has 4 aromatic rings. The van der Waals surface area contributed by atoms with Crippen LogP contribution in [0.2, 0.25) is 0 Å². The molecule has 0 radical (unpaired) electrons. The third-order valence-electron chi connectivity index (χ3n) is 7.28. The molecule has 244 valence electrons. The van der Waals surface area contributed by atoms with Crippen LogP contribution in [0.5, 0.6) is 0 Å². The van der Waals surface area contributed by atoms with Gasteiger partial charge in [0, 0.05) is 7.11 Å². The van der Waals surface area contributed by atoms with Crippen LogP contribution < -0.4 is 0 Å². The van der Waals surface area contributed by atoms with E-state index in [1.165, 1.54) is 55.6 Å². The first-order valence-electron chi connectivity index (χ1n) is 14.6. The summed E-state index contributed by atoms with van der Waals surface area (Å²) in [5.41, 5.74) is 1.33. The van der Waals surface area contributed by atoms with Crippen LogP contribution >= 0.6 is 0 Å². The monoisotopic (exact) mass is 660 g/mol. The Labute approximate surface area is 272 Å². The van der Waals surface area contributed by atoms with Crippen molar-refractivity contribution in [3.05, 3.63) is 138 Å². The summed E-state index contributed by atoms with van der Waals surface area (Å²) in [6.07, 6.45) is -7.34. The predicted molar refractivity (Wildman–Crippen MR) is 167 cm³/mol. The van der Waals surface area contributed by atoms with Gasteiger partial charge in [-0.15, -0.1) is 0 Å². The van der Waals surface area contributed by atoms with Gasteiger partial charge in [-0.05, 0) is 55.5 Å². The van der Waals surface area contributed by atoms with Crippen molar-refractivity contribution in [1.82, 2.24) is 0 Å².